The van der Waals surface area contributed by atoms with Gasteiger partial charge in [0.25, 0.3) is 0 Å². The molecule has 0 aromatic heterocycles. The fourth-order valence-corrected chi connectivity index (χ4v) is 4.35. The second-order valence-corrected chi connectivity index (χ2v) is 8.19. The Balaban J connectivity index is 1.48. The van der Waals surface area contributed by atoms with E-state index in [0.29, 0.717) is 16.8 Å². The molecule has 6 heteroatoms. The average molecular weight is 406 g/mol. The van der Waals surface area contributed by atoms with Gasteiger partial charge in [-0.05, 0) is 87.1 Å². The fraction of sp³-hybridized carbons (Fsp3) is 0.375. The van der Waals surface area contributed by atoms with Crippen molar-refractivity contribution in [3.8, 4) is 0 Å². The van der Waals surface area contributed by atoms with Crippen molar-refractivity contribution in [1.82, 2.24) is 0 Å². The molecule has 0 saturated carbocycles. The predicted octanol–water partition coefficient (Wildman–Crippen LogP) is 3.88. The minimum Gasteiger partial charge on any atom is -0.454 e. The van der Waals surface area contributed by atoms with Gasteiger partial charge in [-0.3, -0.25) is 9.59 Å². The molecule has 156 valence electrons. The molecule has 2 aromatic carbocycles. The molecular weight excluding hydrogens is 380 g/mol. The van der Waals surface area contributed by atoms with Crippen LogP contribution in [-0.2, 0) is 9.53 Å². The summed E-state index contributed by atoms with van der Waals surface area (Å²) in [7, 11) is 0. The highest BCUT2D eigenvalue weighted by Gasteiger charge is 2.36. The van der Waals surface area contributed by atoms with Gasteiger partial charge in [-0.15, -0.1) is 0 Å². The van der Waals surface area contributed by atoms with Crippen LogP contribution in [0.2, 0.25) is 0 Å². The summed E-state index contributed by atoms with van der Waals surface area (Å²) in [5.74, 6) is -0.846. The Morgan fingerprint density at radius 2 is 1.87 bits per heavy atom. The van der Waals surface area contributed by atoms with E-state index in [2.05, 4.69) is 10.2 Å². The molecule has 0 spiro atoms. The number of aryl methyl sites for hydroxylation is 1. The number of rotatable bonds is 4. The number of Topliss-reactive ketones (excluding diaryl/α,β-unsaturated/α-hetero) is 1. The van der Waals surface area contributed by atoms with E-state index in [1.54, 1.807) is 12.1 Å². The number of ketones is 1. The molecule has 1 atom stereocenters. The quantitative estimate of drug-likeness (QED) is 0.616. The topological polar surface area (TPSA) is 75.7 Å². The molecule has 1 saturated heterocycles. The number of nitrogens with zero attached hydrogens (tertiary/aromatic N) is 1. The minimum absolute atomic E-state index is 0.0405. The van der Waals surface area contributed by atoms with Gasteiger partial charge in [-0.1, -0.05) is 0 Å². The van der Waals surface area contributed by atoms with E-state index in [1.165, 1.54) is 0 Å². The van der Waals surface area contributed by atoms with Crippen LogP contribution in [0, 0.1) is 27.7 Å². The summed E-state index contributed by atoms with van der Waals surface area (Å²) in [5, 5.41) is 2.89. The lowest BCUT2D eigenvalue weighted by atomic mass is 9.93. The molecule has 1 unspecified atom stereocenters. The Morgan fingerprint density at radius 3 is 2.63 bits per heavy atom. The van der Waals surface area contributed by atoms with Crippen molar-refractivity contribution in [2.75, 3.05) is 23.4 Å². The van der Waals surface area contributed by atoms with E-state index < -0.39 is 5.97 Å². The molecule has 30 heavy (non-hydrogen) atoms. The summed E-state index contributed by atoms with van der Waals surface area (Å²) in [5.41, 5.74) is 6.63. The number of carbonyl (C=O) groups excluding carboxylic acids is 3. The van der Waals surface area contributed by atoms with Gasteiger partial charge in [0.15, 0.2) is 6.61 Å². The Labute approximate surface area is 176 Å². The standard InChI is InChI=1S/C24H26N2O4/c1-13-10-18(16(4)15(3)14(13)2)22(27)12-30-24(29)17-7-8-20-19(11-17)25-23(28)21-6-5-9-26(20)21/h7-8,10-11,21H,5-6,9,12H2,1-4H3,(H,25,28). The van der Waals surface area contributed by atoms with Crippen LogP contribution >= 0.6 is 0 Å². The highest BCUT2D eigenvalue weighted by atomic mass is 16.5. The SMILES string of the molecule is Cc1cc(C(=O)COC(=O)c2ccc3c(c2)NC(=O)C2CCCN32)c(C)c(C)c1C. The first-order chi connectivity index (χ1) is 14.3. The zero-order chi connectivity index (χ0) is 21.6. The zero-order valence-electron chi connectivity index (χ0n) is 17.8. The van der Waals surface area contributed by atoms with Gasteiger partial charge in [0.1, 0.15) is 6.04 Å². The zero-order valence-corrected chi connectivity index (χ0v) is 17.8. The van der Waals surface area contributed by atoms with Crippen molar-refractivity contribution in [1.29, 1.82) is 0 Å². The third kappa shape index (κ3) is 3.36. The van der Waals surface area contributed by atoms with E-state index in [4.69, 9.17) is 4.74 Å². The first kappa shape index (κ1) is 20.1. The van der Waals surface area contributed by atoms with Gasteiger partial charge in [-0.2, -0.15) is 0 Å². The first-order valence-electron chi connectivity index (χ1n) is 10.3. The molecule has 1 amide bonds. The van der Waals surface area contributed by atoms with Crippen LogP contribution in [0.5, 0.6) is 0 Å². The van der Waals surface area contributed by atoms with Crippen LogP contribution in [0.15, 0.2) is 24.3 Å². The molecular formula is C24H26N2O4. The number of carbonyl (C=O) groups is 3. The molecule has 4 rings (SSSR count). The van der Waals surface area contributed by atoms with Crippen LogP contribution in [0.1, 0.15) is 55.8 Å². The monoisotopic (exact) mass is 406 g/mol. The Kier molecular flexibility index (Phi) is 5.10. The molecule has 6 nitrogen and oxygen atoms in total. The van der Waals surface area contributed by atoms with Crippen molar-refractivity contribution < 1.29 is 19.1 Å². The van der Waals surface area contributed by atoms with E-state index in [9.17, 15) is 14.4 Å². The average Bonchev–Trinajstić information content (AvgIpc) is 3.23. The Morgan fingerprint density at radius 1 is 1.10 bits per heavy atom. The second kappa shape index (κ2) is 7.59. The molecule has 2 aromatic rings. The predicted molar refractivity (Wildman–Crippen MR) is 115 cm³/mol. The normalized spacial score (nSPS) is 17.3. The molecule has 2 heterocycles. The number of ether oxygens (including phenoxy) is 1. The van der Waals surface area contributed by atoms with E-state index >= 15 is 0 Å². The van der Waals surface area contributed by atoms with Crippen molar-refractivity contribution >= 4 is 29.0 Å². The molecule has 1 fully saturated rings. The number of esters is 1. The van der Waals surface area contributed by atoms with Crippen molar-refractivity contribution in [2.24, 2.45) is 0 Å². The van der Waals surface area contributed by atoms with Gasteiger partial charge < -0.3 is 15.0 Å². The molecule has 2 aliphatic rings. The second-order valence-electron chi connectivity index (χ2n) is 8.19. The molecule has 0 bridgehead atoms. The van der Waals surface area contributed by atoms with Crippen LogP contribution in [-0.4, -0.2) is 36.9 Å². The highest BCUT2D eigenvalue weighted by molar-refractivity contribution is 6.06. The molecule has 0 radical (unpaired) electrons. The molecule has 1 N–H and O–H groups in total. The van der Waals surface area contributed by atoms with Crippen LogP contribution in [0.3, 0.4) is 0 Å². The summed E-state index contributed by atoms with van der Waals surface area (Å²) in [6, 6.07) is 6.87. The molecule has 0 aliphatic carbocycles. The smallest absolute Gasteiger partial charge is 0.338 e. The number of nitrogens with one attached hydrogen (secondary N) is 1. The first-order valence-corrected chi connectivity index (χ1v) is 10.3. The number of hydrogen-bond donors (Lipinski definition) is 1. The van der Waals surface area contributed by atoms with Crippen molar-refractivity contribution in [3.63, 3.8) is 0 Å². The third-order valence-electron chi connectivity index (χ3n) is 6.47. The van der Waals surface area contributed by atoms with Crippen LogP contribution in [0.25, 0.3) is 0 Å². The van der Waals surface area contributed by atoms with Gasteiger partial charge >= 0.3 is 5.97 Å². The van der Waals surface area contributed by atoms with Crippen LogP contribution in [0.4, 0.5) is 11.4 Å². The Bertz CT molecular complexity index is 1070. The number of anilines is 2. The third-order valence-corrected chi connectivity index (χ3v) is 6.47. The summed E-state index contributed by atoms with van der Waals surface area (Å²) in [4.78, 5) is 39.6. The lowest BCUT2D eigenvalue weighted by Crippen LogP contribution is -2.43. The van der Waals surface area contributed by atoms with E-state index in [0.717, 1.165) is 47.3 Å². The maximum absolute atomic E-state index is 12.7. The Hall–Kier alpha value is -3.15. The van der Waals surface area contributed by atoms with Crippen LogP contribution < -0.4 is 10.2 Å². The van der Waals surface area contributed by atoms with Gasteiger partial charge in [-0.25, -0.2) is 4.79 Å². The lowest BCUT2D eigenvalue weighted by Gasteiger charge is -2.33. The van der Waals surface area contributed by atoms with Crippen molar-refractivity contribution in [2.45, 2.75) is 46.6 Å². The summed E-state index contributed by atoms with van der Waals surface area (Å²) in [6.07, 6.45) is 1.81. The summed E-state index contributed by atoms with van der Waals surface area (Å²) >= 11 is 0. The van der Waals surface area contributed by atoms with Gasteiger partial charge in [0, 0.05) is 12.1 Å². The summed E-state index contributed by atoms with van der Waals surface area (Å²) in [6.45, 7) is 8.42. The number of fused-ring (bicyclic) bond motifs is 3. The largest absolute Gasteiger partial charge is 0.454 e. The number of hydrogen-bond acceptors (Lipinski definition) is 5. The minimum atomic E-state index is -0.581. The number of benzene rings is 2. The van der Waals surface area contributed by atoms with E-state index in [-0.39, 0.29) is 24.3 Å². The summed E-state index contributed by atoms with van der Waals surface area (Å²) < 4.78 is 5.30. The fourth-order valence-electron chi connectivity index (χ4n) is 4.35. The lowest BCUT2D eigenvalue weighted by molar-refractivity contribution is -0.117. The highest BCUT2D eigenvalue weighted by Crippen LogP contribution is 2.37. The van der Waals surface area contributed by atoms with Gasteiger partial charge in [0.05, 0.1) is 16.9 Å². The van der Waals surface area contributed by atoms with Gasteiger partial charge in [0.2, 0.25) is 11.7 Å². The number of amides is 1. The molecule has 2 aliphatic heterocycles. The van der Waals surface area contributed by atoms with E-state index in [1.807, 2.05) is 39.8 Å². The maximum atomic E-state index is 12.7. The maximum Gasteiger partial charge on any atom is 0.338 e. The van der Waals surface area contributed by atoms with Crippen molar-refractivity contribution in [3.05, 3.63) is 57.6 Å².